The molecule has 3 rings (SSSR count). The first-order chi connectivity index (χ1) is 13.1. The number of nitrogens with zero attached hydrogens (tertiary/aromatic N) is 3. The molecule has 2 N–H and O–H groups in total. The minimum Gasteiger partial charge on any atom is -0.508 e. The van der Waals surface area contributed by atoms with E-state index in [0.717, 1.165) is 11.1 Å². The molecule has 1 heterocycles. The third kappa shape index (κ3) is 4.10. The Bertz CT molecular complexity index is 1020. The highest BCUT2D eigenvalue weighted by Gasteiger charge is 2.15. The second-order valence-electron chi connectivity index (χ2n) is 5.73. The van der Waals surface area contributed by atoms with Gasteiger partial charge in [-0.15, -0.1) is 0 Å². The quantitative estimate of drug-likeness (QED) is 0.644. The third-order valence-corrected chi connectivity index (χ3v) is 3.79. The zero-order valence-corrected chi connectivity index (χ0v) is 14.9. The predicted molar refractivity (Wildman–Crippen MR) is 107 cm³/mol. The lowest BCUT2D eigenvalue weighted by atomic mass is 10.1. The van der Waals surface area contributed by atoms with Crippen molar-refractivity contribution < 1.29 is 10.2 Å². The molecular formula is C22H19N3O2. The fourth-order valence-electron chi connectivity index (χ4n) is 2.56. The zero-order chi connectivity index (χ0) is 19.2. The van der Waals surface area contributed by atoms with Crippen molar-refractivity contribution in [2.24, 2.45) is 0 Å². The van der Waals surface area contributed by atoms with E-state index < -0.39 is 0 Å². The van der Waals surface area contributed by atoms with E-state index in [4.69, 9.17) is 0 Å². The van der Waals surface area contributed by atoms with Crippen LogP contribution in [0.5, 0.6) is 11.5 Å². The van der Waals surface area contributed by atoms with Crippen molar-refractivity contribution in [3.63, 3.8) is 0 Å². The van der Waals surface area contributed by atoms with Crippen LogP contribution in [-0.2, 0) is 0 Å². The Balaban J connectivity index is 2.25. The number of phenols is 2. The van der Waals surface area contributed by atoms with Gasteiger partial charge in [0.15, 0.2) is 17.5 Å². The van der Waals surface area contributed by atoms with Gasteiger partial charge in [0.1, 0.15) is 11.5 Å². The maximum absolute atomic E-state index is 10.2. The summed E-state index contributed by atoms with van der Waals surface area (Å²) in [6, 6.07) is 13.9. The second kappa shape index (κ2) is 8.10. The van der Waals surface area contributed by atoms with Crippen LogP contribution >= 0.6 is 0 Å². The lowest BCUT2D eigenvalue weighted by Gasteiger charge is -2.09. The number of hydrogen-bond acceptors (Lipinski definition) is 5. The third-order valence-electron chi connectivity index (χ3n) is 3.79. The van der Waals surface area contributed by atoms with Crippen molar-refractivity contribution in [3.8, 4) is 34.3 Å². The molecule has 0 bridgehead atoms. The van der Waals surface area contributed by atoms with Crippen molar-refractivity contribution in [2.75, 3.05) is 0 Å². The Labute approximate surface area is 157 Å². The summed E-state index contributed by atoms with van der Waals surface area (Å²) in [7, 11) is 0. The van der Waals surface area contributed by atoms with Crippen LogP contribution in [0.3, 0.4) is 0 Å². The molecule has 1 aromatic heterocycles. The van der Waals surface area contributed by atoms with Crippen molar-refractivity contribution in [1.82, 2.24) is 15.0 Å². The molecule has 134 valence electrons. The van der Waals surface area contributed by atoms with Crippen LogP contribution in [0, 0.1) is 0 Å². The number of allylic oxidation sites excluding steroid dienone is 5. The largest absolute Gasteiger partial charge is 0.508 e. The van der Waals surface area contributed by atoms with Gasteiger partial charge in [-0.2, -0.15) is 0 Å². The van der Waals surface area contributed by atoms with Gasteiger partial charge in [-0.3, -0.25) is 0 Å². The maximum Gasteiger partial charge on any atom is 0.167 e. The van der Waals surface area contributed by atoms with Crippen LogP contribution in [0.2, 0.25) is 0 Å². The summed E-state index contributed by atoms with van der Waals surface area (Å²) in [5, 5.41) is 19.8. The van der Waals surface area contributed by atoms with E-state index in [2.05, 4.69) is 21.5 Å². The van der Waals surface area contributed by atoms with Crippen LogP contribution < -0.4 is 0 Å². The molecule has 0 atom stereocenters. The van der Waals surface area contributed by atoms with Gasteiger partial charge in [-0.25, -0.2) is 15.0 Å². The monoisotopic (exact) mass is 357 g/mol. The SMILES string of the molecule is C=C/C=C(\C=C/C)c1nc(-c2ccccc2)nc(-c2ccc(O)cc2O)n1. The van der Waals surface area contributed by atoms with E-state index in [0.29, 0.717) is 23.0 Å². The van der Waals surface area contributed by atoms with Crippen molar-refractivity contribution in [3.05, 3.63) is 85.2 Å². The lowest BCUT2D eigenvalue weighted by molar-refractivity contribution is 0.451. The molecule has 0 fully saturated rings. The van der Waals surface area contributed by atoms with Crippen molar-refractivity contribution >= 4 is 5.57 Å². The number of phenolic OH excluding ortho intramolecular Hbond substituents is 2. The Morgan fingerprint density at radius 2 is 1.70 bits per heavy atom. The van der Waals surface area contributed by atoms with Gasteiger partial charge in [0.2, 0.25) is 0 Å². The number of hydrogen-bond donors (Lipinski definition) is 2. The van der Waals surface area contributed by atoms with Crippen LogP contribution in [0.1, 0.15) is 12.7 Å². The summed E-state index contributed by atoms with van der Waals surface area (Å²) in [6.07, 6.45) is 7.24. The number of benzene rings is 2. The highest BCUT2D eigenvalue weighted by atomic mass is 16.3. The van der Waals surface area contributed by atoms with Crippen LogP contribution in [0.25, 0.3) is 28.3 Å². The summed E-state index contributed by atoms with van der Waals surface area (Å²) in [6.45, 7) is 5.65. The highest BCUT2D eigenvalue weighted by Crippen LogP contribution is 2.31. The van der Waals surface area contributed by atoms with E-state index >= 15 is 0 Å². The number of aromatic hydroxyl groups is 2. The molecule has 0 aliphatic carbocycles. The molecule has 0 saturated heterocycles. The molecule has 0 saturated carbocycles. The molecule has 3 aromatic rings. The van der Waals surface area contributed by atoms with Gasteiger partial charge in [0, 0.05) is 17.2 Å². The first-order valence-corrected chi connectivity index (χ1v) is 8.42. The normalized spacial score (nSPS) is 11.7. The van der Waals surface area contributed by atoms with Crippen LogP contribution in [0.4, 0.5) is 0 Å². The van der Waals surface area contributed by atoms with Crippen LogP contribution in [0.15, 0.2) is 79.4 Å². The van der Waals surface area contributed by atoms with Crippen LogP contribution in [-0.4, -0.2) is 25.2 Å². The summed E-state index contributed by atoms with van der Waals surface area (Å²) < 4.78 is 0. The van der Waals surface area contributed by atoms with Gasteiger partial charge in [-0.05, 0) is 19.1 Å². The molecule has 0 radical (unpaired) electrons. The highest BCUT2D eigenvalue weighted by molar-refractivity contribution is 5.74. The van der Waals surface area contributed by atoms with E-state index in [1.807, 2.05) is 55.5 Å². The number of aromatic nitrogens is 3. The van der Waals surface area contributed by atoms with Gasteiger partial charge in [0.05, 0.1) is 5.56 Å². The van der Waals surface area contributed by atoms with E-state index in [-0.39, 0.29) is 11.5 Å². The summed E-state index contributed by atoms with van der Waals surface area (Å²) in [5.41, 5.74) is 2.01. The smallest absolute Gasteiger partial charge is 0.167 e. The molecule has 0 spiro atoms. The Morgan fingerprint density at radius 1 is 0.963 bits per heavy atom. The first-order valence-electron chi connectivity index (χ1n) is 8.42. The molecule has 27 heavy (non-hydrogen) atoms. The lowest BCUT2D eigenvalue weighted by Crippen LogP contribution is -2.02. The van der Waals surface area contributed by atoms with E-state index in [1.165, 1.54) is 12.1 Å². The summed E-state index contributed by atoms with van der Waals surface area (Å²) in [5.74, 6) is 1.13. The molecule has 5 nitrogen and oxygen atoms in total. The topological polar surface area (TPSA) is 79.1 Å². The average molecular weight is 357 g/mol. The molecule has 0 aliphatic rings. The Kier molecular flexibility index (Phi) is 5.42. The molecule has 0 unspecified atom stereocenters. The minimum absolute atomic E-state index is 0.0324. The minimum atomic E-state index is -0.105. The van der Waals surface area contributed by atoms with Gasteiger partial charge >= 0.3 is 0 Å². The summed E-state index contributed by atoms with van der Waals surface area (Å²) >= 11 is 0. The van der Waals surface area contributed by atoms with Gasteiger partial charge in [0.25, 0.3) is 0 Å². The predicted octanol–water partition coefficient (Wildman–Crippen LogP) is 4.76. The molecular weight excluding hydrogens is 338 g/mol. The first kappa shape index (κ1) is 18.1. The summed E-state index contributed by atoms with van der Waals surface area (Å²) in [4.78, 5) is 13.6. The molecule has 5 heteroatoms. The Morgan fingerprint density at radius 3 is 2.37 bits per heavy atom. The standard InChI is InChI=1S/C22H19N3O2/c1-3-8-15(9-4-2)20-23-21(16-10-6-5-7-11-16)25-22(24-20)18-13-12-17(26)14-19(18)27/h3-14,26-27H,1H2,2H3/b9-4-,15-8+. The Hall–Kier alpha value is -3.73. The molecule has 0 aliphatic heterocycles. The second-order valence-corrected chi connectivity index (χ2v) is 5.73. The average Bonchev–Trinajstić information content (AvgIpc) is 2.68. The van der Waals surface area contributed by atoms with Gasteiger partial charge < -0.3 is 10.2 Å². The zero-order valence-electron chi connectivity index (χ0n) is 14.9. The number of rotatable bonds is 5. The van der Waals surface area contributed by atoms with E-state index in [9.17, 15) is 10.2 Å². The fraction of sp³-hybridized carbons (Fsp3) is 0.0455. The molecule has 0 amide bonds. The fourth-order valence-corrected chi connectivity index (χ4v) is 2.56. The van der Waals surface area contributed by atoms with Crippen molar-refractivity contribution in [1.29, 1.82) is 0 Å². The van der Waals surface area contributed by atoms with Crippen molar-refractivity contribution in [2.45, 2.75) is 6.92 Å². The molecule has 2 aromatic carbocycles. The van der Waals surface area contributed by atoms with Gasteiger partial charge in [-0.1, -0.05) is 61.2 Å². The maximum atomic E-state index is 10.2. The van der Waals surface area contributed by atoms with E-state index in [1.54, 1.807) is 12.1 Å².